The smallest absolute Gasteiger partial charge is 0.0438 e. The van der Waals surface area contributed by atoms with Gasteiger partial charge in [-0.25, -0.2) is 0 Å². The first-order valence-corrected chi connectivity index (χ1v) is 7.55. The summed E-state index contributed by atoms with van der Waals surface area (Å²) >= 11 is 1.94. The monoisotopic (exact) mass is 271 g/mol. The average Bonchev–Trinajstić information content (AvgIpc) is 2.43. The van der Waals surface area contributed by atoms with Crippen LogP contribution in [0, 0.1) is 6.92 Å². The van der Waals surface area contributed by atoms with Crippen molar-refractivity contribution in [3.63, 3.8) is 0 Å². The first-order valence-electron chi connectivity index (χ1n) is 6.67. The number of thioether (sulfide) groups is 1. The van der Waals surface area contributed by atoms with E-state index in [1.165, 1.54) is 16.0 Å². The van der Waals surface area contributed by atoms with Gasteiger partial charge < -0.3 is 5.32 Å². The van der Waals surface area contributed by atoms with Crippen LogP contribution in [-0.2, 0) is 0 Å². The second-order valence-electron chi connectivity index (χ2n) is 4.77. The molecule has 1 N–H and O–H groups in total. The zero-order valence-corrected chi connectivity index (χ0v) is 12.6. The zero-order valence-electron chi connectivity index (χ0n) is 11.8. The summed E-state index contributed by atoms with van der Waals surface area (Å²) in [6, 6.07) is 19.6. The van der Waals surface area contributed by atoms with Gasteiger partial charge in [-0.3, -0.25) is 0 Å². The molecule has 100 valence electrons. The Morgan fingerprint density at radius 3 is 2.21 bits per heavy atom. The molecule has 2 heteroatoms. The largest absolute Gasteiger partial charge is 0.312 e. The van der Waals surface area contributed by atoms with E-state index in [2.05, 4.69) is 73.8 Å². The van der Waals surface area contributed by atoms with E-state index in [0.29, 0.717) is 11.3 Å². The molecule has 0 heterocycles. The third-order valence-corrected chi connectivity index (χ3v) is 4.70. The van der Waals surface area contributed by atoms with Crippen LogP contribution in [0.4, 0.5) is 0 Å². The van der Waals surface area contributed by atoms with E-state index in [1.807, 2.05) is 18.8 Å². The lowest BCUT2D eigenvalue weighted by Gasteiger charge is -2.24. The van der Waals surface area contributed by atoms with Crippen LogP contribution in [0.15, 0.2) is 59.5 Å². The van der Waals surface area contributed by atoms with Crippen molar-refractivity contribution >= 4 is 11.8 Å². The third-order valence-electron chi connectivity index (χ3n) is 3.35. The van der Waals surface area contributed by atoms with Crippen molar-refractivity contribution in [1.82, 2.24) is 5.32 Å². The number of hydrogen-bond donors (Lipinski definition) is 1. The summed E-state index contributed by atoms with van der Waals surface area (Å²) < 4.78 is 0. The summed E-state index contributed by atoms with van der Waals surface area (Å²) in [4.78, 5) is 1.37. The molecule has 19 heavy (non-hydrogen) atoms. The van der Waals surface area contributed by atoms with Crippen LogP contribution in [0.25, 0.3) is 0 Å². The first-order chi connectivity index (χ1) is 9.22. The minimum atomic E-state index is 0.366. The maximum Gasteiger partial charge on any atom is 0.0438 e. The fourth-order valence-corrected chi connectivity index (χ4v) is 3.53. The molecule has 0 saturated carbocycles. The number of rotatable bonds is 5. The van der Waals surface area contributed by atoms with Gasteiger partial charge in [-0.15, -0.1) is 11.8 Å². The normalized spacial score (nSPS) is 14.1. The van der Waals surface area contributed by atoms with Gasteiger partial charge in [-0.2, -0.15) is 0 Å². The molecule has 0 bridgehead atoms. The molecule has 1 nitrogen and oxygen atoms in total. The molecular weight excluding hydrogens is 250 g/mol. The van der Waals surface area contributed by atoms with Gasteiger partial charge in [0.25, 0.3) is 0 Å². The van der Waals surface area contributed by atoms with Crippen molar-refractivity contribution in [3.8, 4) is 0 Å². The van der Waals surface area contributed by atoms with E-state index >= 15 is 0 Å². The number of nitrogens with one attached hydrogen (secondary N) is 1. The maximum atomic E-state index is 3.44. The molecule has 0 saturated heterocycles. The second-order valence-corrected chi connectivity index (χ2v) is 6.18. The fourth-order valence-electron chi connectivity index (χ4n) is 2.29. The highest BCUT2D eigenvalue weighted by atomic mass is 32.2. The Labute approximate surface area is 120 Å². The summed E-state index contributed by atoms with van der Waals surface area (Å²) in [6.45, 7) is 4.46. The van der Waals surface area contributed by atoms with Gasteiger partial charge in [0.2, 0.25) is 0 Å². The minimum absolute atomic E-state index is 0.366. The Bertz CT molecular complexity index is 510. The summed E-state index contributed by atoms with van der Waals surface area (Å²) in [7, 11) is 2.03. The lowest BCUT2D eigenvalue weighted by molar-refractivity contribution is 0.589. The third kappa shape index (κ3) is 3.62. The Morgan fingerprint density at radius 1 is 0.947 bits per heavy atom. The summed E-state index contributed by atoms with van der Waals surface area (Å²) in [5.41, 5.74) is 2.70. The number of aryl methyl sites for hydroxylation is 1. The van der Waals surface area contributed by atoms with E-state index in [9.17, 15) is 0 Å². The molecule has 2 rings (SSSR count). The molecule has 0 fully saturated rings. The molecule has 0 aliphatic heterocycles. The Balaban J connectivity index is 2.14. The lowest BCUT2D eigenvalue weighted by Crippen LogP contribution is -2.25. The van der Waals surface area contributed by atoms with Gasteiger partial charge in [0.15, 0.2) is 0 Å². The van der Waals surface area contributed by atoms with Crippen molar-refractivity contribution in [1.29, 1.82) is 0 Å². The highest BCUT2D eigenvalue weighted by molar-refractivity contribution is 8.00. The van der Waals surface area contributed by atoms with Gasteiger partial charge >= 0.3 is 0 Å². The lowest BCUT2D eigenvalue weighted by atomic mass is 10.0. The summed E-state index contributed by atoms with van der Waals surface area (Å²) in [5.74, 6) is 0. The zero-order chi connectivity index (χ0) is 13.7. The van der Waals surface area contributed by atoms with Crippen molar-refractivity contribution in [2.45, 2.75) is 30.0 Å². The molecule has 0 amide bonds. The molecule has 0 aliphatic rings. The number of benzene rings is 2. The van der Waals surface area contributed by atoms with Crippen LogP contribution in [-0.4, -0.2) is 12.3 Å². The molecule has 0 spiro atoms. The summed E-state index contributed by atoms with van der Waals surface area (Å²) in [6.07, 6.45) is 0. The average molecular weight is 271 g/mol. The van der Waals surface area contributed by atoms with Crippen LogP contribution >= 0.6 is 11.8 Å². The molecule has 0 aromatic heterocycles. The van der Waals surface area contributed by atoms with Crippen molar-refractivity contribution in [2.75, 3.05) is 7.05 Å². The SMILES string of the molecule is CNC(c1ccccc1)C(C)Sc1ccccc1C. The standard InChI is InChI=1S/C17H21NS/c1-13-9-7-8-12-16(13)19-14(2)17(18-3)15-10-5-4-6-11-15/h4-12,14,17-18H,1-3H3. The predicted octanol–water partition coefficient (Wildman–Crippen LogP) is 4.44. The van der Waals surface area contributed by atoms with E-state index in [0.717, 1.165) is 0 Å². The van der Waals surface area contributed by atoms with Crippen LogP contribution in [0.2, 0.25) is 0 Å². The quantitative estimate of drug-likeness (QED) is 0.807. The molecule has 2 aromatic carbocycles. The molecule has 0 radical (unpaired) electrons. The first kappa shape index (κ1) is 14.2. The highest BCUT2D eigenvalue weighted by Crippen LogP contribution is 2.33. The van der Waals surface area contributed by atoms with Crippen molar-refractivity contribution in [3.05, 3.63) is 65.7 Å². The van der Waals surface area contributed by atoms with Crippen molar-refractivity contribution in [2.24, 2.45) is 0 Å². The van der Waals surface area contributed by atoms with Crippen LogP contribution in [0.3, 0.4) is 0 Å². The second kappa shape index (κ2) is 6.78. The van der Waals surface area contributed by atoms with E-state index in [-0.39, 0.29) is 0 Å². The van der Waals surface area contributed by atoms with E-state index < -0.39 is 0 Å². The van der Waals surface area contributed by atoms with Crippen molar-refractivity contribution < 1.29 is 0 Å². The van der Waals surface area contributed by atoms with Crippen LogP contribution in [0.5, 0.6) is 0 Å². The molecule has 2 aromatic rings. The maximum absolute atomic E-state index is 3.44. The topological polar surface area (TPSA) is 12.0 Å². The van der Waals surface area contributed by atoms with Crippen LogP contribution in [0.1, 0.15) is 24.1 Å². The molecule has 2 atom stereocenters. The van der Waals surface area contributed by atoms with E-state index in [4.69, 9.17) is 0 Å². The minimum Gasteiger partial charge on any atom is -0.312 e. The molecule has 2 unspecified atom stereocenters. The van der Waals surface area contributed by atoms with Gasteiger partial charge in [0.1, 0.15) is 0 Å². The predicted molar refractivity (Wildman–Crippen MR) is 84.7 cm³/mol. The summed E-state index contributed by atoms with van der Waals surface area (Å²) in [5, 5.41) is 3.92. The van der Waals surface area contributed by atoms with Gasteiger partial charge in [-0.05, 0) is 31.2 Å². The van der Waals surface area contributed by atoms with Gasteiger partial charge in [0.05, 0.1) is 0 Å². The Hall–Kier alpha value is -1.25. The van der Waals surface area contributed by atoms with E-state index in [1.54, 1.807) is 0 Å². The fraction of sp³-hybridized carbons (Fsp3) is 0.294. The van der Waals surface area contributed by atoms with Crippen LogP contribution < -0.4 is 5.32 Å². The Kier molecular flexibility index (Phi) is 5.06. The Morgan fingerprint density at radius 2 is 1.58 bits per heavy atom. The van der Waals surface area contributed by atoms with Gasteiger partial charge in [-0.1, -0.05) is 55.5 Å². The number of hydrogen-bond acceptors (Lipinski definition) is 2. The highest BCUT2D eigenvalue weighted by Gasteiger charge is 2.18. The molecule has 0 aliphatic carbocycles. The molecular formula is C17H21NS. The van der Waals surface area contributed by atoms with Gasteiger partial charge in [0, 0.05) is 16.2 Å².